The Hall–Kier alpha value is -0.630. The molecule has 0 saturated heterocycles. The Morgan fingerprint density at radius 2 is 1.91 bits per heavy atom. The monoisotopic (exact) mass is 316 g/mol. The van der Waals surface area contributed by atoms with Gasteiger partial charge >= 0.3 is 0 Å². The lowest BCUT2D eigenvalue weighted by atomic mass is 9.48. The second-order valence-corrected chi connectivity index (χ2v) is 9.32. The van der Waals surface area contributed by atoms with E-state index in [2.05, 4.69) is 19.9 Å². The zero-order valence-electron chi connectivity index (χ0n) is 15.0. The van der Waals surface area contributed by atoms with Gasteiger partial charge in [-0.25, -0.2) is 0 Å². The number of carbonyl (C=O) groups excluding carboxylic acids is 1. The molecule has 0 aromatic rings. The molecule has 7 atom stereocenters. The van der Waals surface area contributed by atoms with Crippen molar-refractivity contribution in [2.24, 2.45) is 34.5 Å². The molecule has 0 aromatic heterocycles. The fraction of sp³-hybridized carbons (Fsp3) is 0.857. The fourth-order valence-electron chi connectivity index (χ4n) is 7.16. The van der Waals surface area contributed by atoms with Crippen LogP contribution < -0.4 is 0 Å². The Bertz CT molecular complexity index is 548. The van der Waals surface area contributed by atoms with E-state index < -0.39 is 0 Å². The van der Waals surface area contributed by atoms with Crippen LogP contribution in [0.2, 0.25) is 0 Å². The van der Waals surface area contributed by atoms with Crippen molar-refractivity contribution in [2.45, 2.75) is 78.2 Å². The first-order valence-corrected chi connectivity index (χ1v) is 9.83. The van der Waals surface area contributed by atoms with Gasteiger partial charge in [0.05, 0.1) is 6.10 Å². The predicted octanol–water partition coefficient (Wildman–Crippen LogP) is 4.52. The first-order chi connectivity index (χ1) is 10.9. The Balaban J connectivity index is 1.76. The van der Waals surface area contributed by atoms with Gasteiger partial charge in [0, 0.05) is 5.41 Å². The van der Waals surface area contributed by atoms with Gasteiger partial charge < -0.3 is 5.11 Å². The summed E-state index contributed by atoms with van der Waals surface area (Å²) in [5, 5.41) is 10.2. The highest BCUT2D eigenvalue weighted by molar-refractivity contribution is 5.97. The van der Waals surface area contributed by atoms with Crippen LogP contribution >= 0.6 is 0 Å². The quantitative estimate of drug-likeness (QED) is 0.772. The molecule has 23 heavy (non-hydrogen) atoms. The molecule has 4 rings (SSSR count). The molecular weight excluding hydrogens is 284 g/mol. The van der Waals surface area contributed by atoms with Crippen LogP contribution in [0.4, 0.5) is 0 Å². The van der Waals surface area contributed by atoms with Gasteiger partial charge in [-0.15, -0.1) is 0 Å². The van der Waals surface area contributed by atoms with Gasteiger partial charge in [0.2, 0.25) is 0 Å². The number of carbonyl (C=O) groups is 1. The van der Waals surface area contributed by atoms with E-state index >= 15 is 0 Å². The number of hydrogen-bond donors (Lipinski definition) is 1. The van der Waals surface area contributed by atoms with Gasteiger partial charge in [-0.2, -0.15) is 0 Å². The second kappa shape index (κ2) is 5.18. The van der Waals surface area contributed by atoms with Crippen molar-refractivity contribution in [1.29, 1.82) is 0 Å². The molecular formula is C21H32O2. The average molecular weight is 316 g/mol. The highest BCUT2D eigenvalue weighted by Gasteiger charge is 2.60. The molecule has 0 aromatic carbocycles. The Morgan fingerprint density at radius 1 is 1.13 bits per heavy atom. The summed E-state index contributed by atoms with van der Waals surface area (Å²) in [4.78, 5) is 13.2. The second-order valence-electron chi connectivity index (χ2n) is 9.32. The summed E-state index contributed by atoms with van der Waals surface area (Å²) in [6, 6.07) is 0. The van der Waals surface area contributed by atoms with E-state index in [1.165, 1.54) is 44.1 Å². The molecule has 0 radical (unpaired) electrons. The lowest BCUT2D eigenvalue weighted by molar-refractivity contribution is -0.133. The van der Waals surface area contributed by atoms with Crippen LogP contribution in [0.25, 0.3) is 0 Å². The van der Waals surface area contributed by atoms with Crippen LogP contribution in [0.1, 0.15) is 72.1 Å². The average Bonchev–Trinajstić information content (AvgIpc) is 2.87. The van der Waals surface area contributed by atoms with Crippen molar-refractivity contribution in [1.82, 2.24) is 0 Å². The first kappa shape index (κ1) is 15.9. The number of ketones is 1. The topological polar surface area (TPSA) is 37.3 Å². The van der Waals surface area contributed by atoms with E-state index in [9.17, 15) is 9.90 Å². The van der Waals surface area contributed by atoms with Crippen molar-refractivity contribution in [3.8, 4) is 0 Å². The van der Waals surface area contributed by atoms with Crippen LogP contribution in [-0.2, 0) is 4.79 Å². The van der Waals surface area contributed by atoms with Crippen molar-refractivity contribution in [3.63, 3.8) is 0 Å². The van der Waals surface area contributed by atoms with Crippen molar-refractivity contribution < 1.29 is 9.90 Å². The van der Waals surface area contributed by atoms with E-state index in [-0.39, 0.29) is 22.9 Å². The molecule has 0 unspecified atom stereocenters. The number of fused-ring (bicyclic) bond motifs is 5. The first-order valence-electron chi connectivity index (χ1n) is 9.83. The third kappa shape index (κ3) is 2.00. The van der Waals surface area contributed by atoms with Gasteiger partial charge in [-0.05, 0) is 80.6 Å². The van der Waals surface area contributed by atoms with Crippen molar-refractivity contribution in [2.75, 3.05) is 0 Å². The molecule has 1 N–H and O–H groups in total. The Labute approximate surface area is 140 Å². The highest BCUT2D eigenvalue weighted by atomic mass is 16.3. The number of aliphatic hydroxyl groups is 1. The SMILES string of the molecule is C[C@@H](O)[C@H]1CC[C@H]2[C@@H]3CC[C@H]4CCCC[C@]4(C)C3=CC(=O)[C@]12C. The normalized spacial score (nSPS) is 50.6. The lowest BCUT2D eigenvalue weighted by Gasteiger charge is -2.55. The molecule has 0 amide bonds. The molecule has 3 saturated carbocycles. The van der Waals surface area contributed by atoms with Crippen LogP contribution in [0.3, 0.4) is 0 Å². The molecule has 0 spiro atoms. The Morgan fingerprint density at radius 3 is 2.65 bits per heavy atom. The van der Waals surface area contributed by atoms with Crippen LogP contribution in [0.15, 0.2) is 11.6 Å². The third-order valence-electron chi connectivity index (χ3n) is 8.50. The minimum absolute atomic E-state index is 0.148. The third-order valence-corrected chi connectivity index (χ3v) is 8.50. The molecule has 3 fully saturated rings. The minimum Gasteiger partial charge on any atom is -0.393 e. The zero-order chi connectivity index (χ0) is 16.4. The number of aliphatic hydroxyl groups excluding tert-OH is 1. The van der Waals surface area contributed by atoms with E-state index in [1.54, 1.807) is 0 Å². The van der Waals surface area contributed by atoms with E-state index in [4.69, 9.17) is 0 Å². The smallest absolute Gasteiger partial charge is 0.162 e. The fourth-order valence-corrected chi connectivity index (χ4v) is 7.16. The van der Waals surface area contributed by atoms with Gasteiger partial charge in [0.1, 0.15) is 0 Å². The minimum atomic E-state index is -0.370. The predicted molar refractivity (Wildman–Crippen MR) is 91.9 cm³/mol. The summed E-state index contributed by atoms with van der Waals surface area (Å²) in [5.41, 5.74) is 1.47. The van der Waals surface area contributed by atoms with Gasteiger partial charge in [0.25, 0.3) is 0 Å². The summed E-state index contributed by atoms with van der Waals surface area (Å²) >= 11 is 0. The molecule has 0 heterocycles. The summed E-state index contributed by atoms with van der Waals surface area (Å²) in [5.74, 6) is 2.33. The summed E-state index contributed by atoms with van der Waals surface area (Å²) in [6.07, 6.45) is 11.8. The maximum atomic E-state index is 13.2. The molecule has 4 aliphatic carbocycles. The maximum absolute atomic E-state index is 13.2. The number of allylic oxidation sites excluding steroid dienone is 2. The van der Waals surface area contributed by atoms with Crippen molar-refractivity contribution in [3.05, 3.63) is 11.6 Å². The van der Waals surface area contributed by atoms with Gasteiger partial charge in [-0.1, -0.05) is 32.3 Å². The lowest BCUT2D eigenvalue weighted by Crippen LogP contribution is -2.51. The highest BCUT2D eigenvalue weighted by Crippen LogP contribution is 2.64. The van der Waals surface area contributed by atoms with Crippen LogP contribution in [-0.4, -0.2) is 17.0 Å². The van der Waals surface area contributed by atoms with E-state index in [1.807, 2.05) is 6.92 Å². The van der Waals surface area contributed by atoms with Gasteiger partial charge in [-0.3, -0.25) is 4.79 Å². The molecule has 4 aliphatic rings. The van der Waals surface area contributed by atoms with Crippen molar-refractivity contribution >= 4 is 5.78 Å². The van der Waals surface area contributed by atoms with Crippen LogP contribution in [0, 0.1) is 34.5 Å². The number of rotatable bonds is 1. The molecule has 128 valence electrons. The molecule has 2 nitrogen and oxygen atoms in total. The standard InChI is InChI=1S/C21H32O2/c1-13(22)16-9-10-17-15-8-7-14-6-4-5-11-20(14,2)18(15)12-19(23)21(16,17)3/h12-17,22H,4-11H2,1-3H3/t13-,14-,15+,16-,17+,20+,21-/m1/s1. The summed E-state index contributed by atoms with van der Waals surface area (Å²) in [6.45, 7) is 6.49. The summed E-state index contributed by atoms with van der Waals surface area (Å²) in [7, 11) is 0. The largest absolute Gasteiger partial charge is 0.393 e. The van der Waals surface area contributed by atoms with E-state index in [0.29, 0.717) is 17.6 Å². The maximum Gasteiger partial charge on any atom is 0.162 e. The zero-order valence-corrected chi connectivity index (χ0v) is 15.0. The van der Waals surface area contributed by atoms with Gasteiger partial charge in [0.15, 0.2) is 5.78 Å². The summed E-state index contributed by atoms with van der Waals surface area (Å²) < 4.78 is 0. The Kier molecular flexibility index (Phi) is 3.58. The van der Waals surface area contributed by atoms with E-state index in [0.717, 1.165) is 18.8 Å². The van der Waals surface area contributed by atoms with Crippen LogP contribution in [0.5, 0.6) is 0 Å². The molecule has 2 heteroatoms. The molecule has 0 aliphatic heterocycles. The number of hydrogen-bond acceptors (Lipinski definition) is 2. The molecule has 0 bridgehead atoms.